The first kappa shape index (κ1) is 14.4. The summed E-state index contributed by atoms with van der Waals surface area (Å²) in [5.74, 6) is -0.113. The minimum Gasteiger partial charge on any atom is -0.393 e. The number of nitrogens with two attached hydrogens (primary N) is 1. The van der Waals surface area contributed by atoms with E-state index in [1.165, 1.54) is 11.8 Å². The highest BCUT2D eigenvalue weighted by molar-refractivity contribution is 5.93. The molecule has 1 aliphatic carbocycles. The zero-order valence-corrected chi connectivity index (χ0v) is 11.2. The molecular weight excluding hydrogens is 248 g/mol. The standard InChI is InChI=1S/C13H22N2O4/c1-9(17)13(6-14,8-16)15-7-12(11(15)19)4-2-10(18)3-5-12/h8-10,17-18H,2-7,14H2,1H3/t9-,10?,12?,13?/m1/s1. The van der Waals surface area contributed by atoms with Crippen LogP contribution in [0, 0.1) is 5.41 Å². The van der Waals surface area contributed by atoms with Crippen molar-refractivity contribution >= 4 is 12.2 Å². The van der Waals surface area contributed by atoms with Gasteiger partial charge in [-0.05, 0) is 32.6 Å². The number of hydrogen-bond acceptors (Lipinski definition) is 5. The zero-order valence-electron chi connectivity index (χ0n) is 11.2. The van der Waals surface area contributed by atoms with Crippen molar-refractivity contribution in [2.75, 3.05) is 13.1 Å². The summed E-state index contributed by atoms with van der Waals surface area (Å²) < 4.78 is 0. The second kappa shape index (κ2) is 4.85. The van der Waals surface area contributed by atoms with E-state index in [2.05, 4.69) is 0 Å². The summed E-state index contributed by atoms with van der Waals surface area (Å²) in [6.07, 6.45) is 1.78. The molecule has 2 atom stereocenters. The predicted molar refractivity (Wildman–Crippen MR) is 68.2 cm³/mol. The Bertz CT molecular complexity index is 377. The number of aldehydes is 1. The Kier molecular flexibility index (Phi) is 3.68. The number of nitrogens with zero attached hydrogens (tertiary/aromatic N) is 1. The molecule has 1 saturated heterocycles. The molecule has 2 rings (SSSR count). The SMILES string of the molecule is C[C@@H](O)C(C=O)(CN)N1CC2(CCC(O)CC2)C1=O. The van der Waals surface area contributed by atoms with Gasteiger partial charge in [-0.25, -0.2) is 0 Å². The maximum atomic E-state index is 12.4. The molecular formula is C13H22N2O4. The summed E-state index contributed by atoms with van der Waals surface area (Å²) in [4.78, 5) is 25.2. The molecule has 0 aromatic heterocycles. The number of hydrogen-bond donors (Lipinski definition) is 3. The number of carbonyl (C=O) groups excluding carboxylic acids is 2. The summed E-state index contributed by atoms with van der Waals surface area (Å²) in [6.45, 7) is 1.84. The zero-order chi connectivity index (χ0) is 14.3. The van der Waals surface area contributed by atoms with Gasteiger partial charge in [-0.3, -0.25) is 4.79 Å². The van der Waals surface area contributed by atoms with Crippen molar-refractivity contribution in [3.63, 3.8) is 0 Å². The number of aliphatic hydroxyl groups excluding tert-OH is 2. The molecule has 19 heavy (non-hydrogen) atoms. The maximum absolute atomic E-state index is 12.4. The summed E-state index contributed by atoms with van der Waals surface area (Å²) in [7, 11) is 0. The molecule has 1 unspecified atom stereocenters. The summed E-state index contributed by atoms with van der Waals surface area (Å²) in [5.41, 5.74) is 3.85. The number of carbonyl (C=O) groups is 2. The Labute approximate surface area is 112 Å². The number of aliphatic hydroxyl groups is 2. The Morgan fingerprint density at radius 1 is 1.58 bits per heavy atom. The minimum absolute atomic E-state index is 0.0847. The van der Waals surface area contributed by atoms with Crippen LogP contribution in [0.3, 0.4) is 0 Å². The third-order valence-electron chi connectivity index (χ3n) is 4.83. The fraction of sp³-hybridized carbons (Fsp3) is 0.846. The molecule has 6 heteroatoms. The second-order valence-corrected chi connectivity index (χ2v) is 5.89. The molecule has 0 aromatic rings. The van der Waals surface area contributed by atoms with Crippen LogP contribution in [0.25, 0.3) is 0 Å². The Morgan fingerprint density at radius 3 is 2.53 bits per heavy atom. The quantitative estimate of drug-likeness (QED) is 0.450. The van der Waals surface area contributed by atoms with Crippen molar-refractivity contribution in [1.29, 1.82) is 0 Å². The van der Waals surface area contributed by atoms with Crippen LogP contribution in [0.4, 0.5) is 0 Å². The van der Waals surface area contributed by atoms with Crippen LogP contribution in [-0.2, 0) is 9.59 Å². The van der Waals surface area contributed by atoms with Crippen molar-refractivity contribution in [3.05, 3.63) is 0 Å². The highest BCUT2D eigenvalue weighted by Crippen LogP contribution is 2.47. The summed E-state index contributed by atoms with van der Waals surface area (Å²) in [5, 5.41) is 19.3. The molecule has 1 aliphatic heterocycles. The largest absolute Gasteiger partial charge is 0.393 e. The van der Waals surface area contributed by atoms with Crippen LogP contribution in [0.15, 0.2) is 0 Å². The number of likely N-dealkylation sites (tertiary alicyclic amines) is 1. The van der Waals surface area contributed by atoms with Crippen LogP contribution in [0.2, 0.25) is 0 Å². The van der Waals surface area contributed by atoms with Gasteiger partial charge in [-0.15, -0.1) is 0 Å². The smallest absolute Gasteiger partial charge is 0.231 e. The van der Waals surface area contributed by atoms with E-state index in [0.717, 1.165) is 0 Å². The lowest BCUT2D eigenvalue weighted by Crippen LogP contribution is -2.75. The molecule has 4 N–H and O–H groups in total. The Balaban J connectivity index is 2.14. The molecule has 0 radical (unpaired) electrons. The van der Waals surface area contributed by atoms with Crippen molar-refractivity contribution in [1.82, 2.24) is 4.90 Å². The average molecular weight is 270 g/mol. The van der Waals surface area contributed by atoms with Gasteiger partial charge in [0.2, 0.25) is 5.91 Å². The average Bonchev–Trinajstić information content (AvgIpc) is 2.41. The third-order valence-corrected chi connectivity index (χ3v) is 4.83. The molecule has 0 aromatic carbocycles. The maximum Gasteiger partial charge on any atom is 0.231 e. The van der Waals surface area contributed by atoms with Crippen LogP contribution in [0.1, 0.15) is 32.6 Å². The first-order valence-corrected chi connectivity index (χ1v) is 6.76. The van der Waals surface area contributed by atoms with E-state index in [0.29, 0.717) is 38.5 Å². The van der Waals surface area contributed by atoms with Crippen LogP contribution in [0.5, 0.6) is 0 Å². The second-order valence-electron chi connectivity index (χ2n) is 5.89. The van der Waals surface area contributed by atoms with E-state index >= 15 is 0 Å². The van der Waals surface area contributed by atoms with E-state index in [1.54, 1.807) is 0 Å². The highest BCUT2D eigenvalue weighted by atomic mass is 16.3. The predicted octanol–water partition coefficient (Wildman–Crippen LogP) is -0.973. The Morgan fingerprint density at radius 2 is 2.16 bits per heavy atom. The van der Waals surface area contributed by atoms with Crippen LogP contribution < -0.4 is 5.73 Å². The lowest BCUT2D eigenvalue weighted by Gasteiger charge is -2.57. The topological polar surface area (TPSA) is 104 Å². The van der Waals surface area contributed by atoms with Gasteiger partial charge in [0.05, 0.1) is 17.6 Å². The monoisotopic (exact) mass is 270 g/mol. The molecule has 1 spiro atoms. The van der Waals surface area contributed by atoms with Gasteiger partial charge in [0, 0.05) is 13.1 Å². The highest BCUT2D eigenvalue weighted by Gasteiger charge is 2.60. The number of amides is 1. The molecule has 2 fully saturated rings. The molecule has 1 saturated carbocycles. The van der Waals surface area contributed by atoms with Crippen molar-refractivity contribution in [3.8, 4) is 0 Å². The lowest BCUT2D eigenvalue weighted by atomic mass is 9.65. The molecule has 1 amide bonds. The number of β-lactam (4-membered cyclic amide) rings is 1. The summed E-state index contributed by atoms with van der Waals surface area (Å²) in [6, 6.07) is 0. The molecule has 6 nitrogen and oxygen atoms in total. The molecule has 0 bridgehead atoms. The Hall–Kier alpha value is -0.980. The van der Waals surface area contributed by atoms with Crippen molar-refractivity contribution < 1.29 is 19.8 Å². The van der Waals surface area contributed by atoms with Gasteiger partial charge >= 0.3 is 0 Å². The molecule has 108 valence electrons. The minimum atomic E-state index is -1.31. The van der Waals surface area contributed by atoms with Gasteiger partial charge in [0.15, 0.2) is 0 Å². The lowest BCUT2D eigenvalue weighted by molar-refractivity contribution is -0.185. The van der Waals surface area contributed by atoms with Gasteiger partial charge < -0.3 is 25.6 Å². The summed E-state index contributed by atoms with van der Waals surface area (Å²) >= 11 is 0. The number of rotatable bonds is 4. The van der Waals surface area contributed by atoms with E-state index in [4.69, 9.17) is 5.73 Å². The van der Waals surface area contributed by atoms with Crippen LogP contribution in [-0.4, -0.2) is 58.1 Å². The fourth-order valence-corrected chi connectivity index (χ4v) is 3.22. The molecule has 2 aliphatic rings. The van der Waals surface area contributed by atoms with Gasteiger partial charge in [0.25, 0.3) is 0 Å². The van der Waals surface area contributed by atoms with Gasteiger partial charge in [-0.1, -0.05) is 0 Å². The van der Waals surface area contributed by atoms with E-state index in [-0.39, 0.29) is 18.6 Å². The van der Waals surface area contributed by atoms with Crippen LogP contribution >= 0.6 is 0 Å². The van der Waals surface area contributed by atoms with Crippen molar-refractivity contribution in [2.24, 2.45) is 11.1 Å². The van der Waals surface area contributed by atoms with Gasteiger partial charge in [-0.2, -0.15) is 0 Å². The normalized spacial score (nSPS) is 35.7. The van der Waals surface area contributed by atoms with E-state index < -0.39 is 17.1 Å². The van der Waals surface area contributed by atoms with E-state index in [1.807, 2.05) is 0 Å². The third kappa shape index (κ3) is 1.98. The molecule has 1 heterocycles. The van der Waals surface area contributed by atoms with Crippen molar-refractivity contribution in [2.45, 2.75) is 50.4 Å². The first-order valence-electron chi connectivity index (χ1n) is 6.76. The first-order chi connectivity index (χ1) is 8.92. The van der Waals surface area contributed by atoms with E-state index in [9.17, 15) is 19.8 Å². The fourth-order valence-electron chi connectivity index (χ4n) is 3.22. The van der Waals surface area contributed by atoms with Gasteiger partial charge in [0.1, 0.15) is 11.8 Å².